The highest BCUT2D eigenvalue weighted by Crippen LogP contribution is 2.40. The molecule has 0 aliphatic heterocycles. The predicted molar refractivity (Wildman–Crippen MR) is 123 cm³/mol. The summed E-state index contributed by atoms with van der Waals surface area (Å²) in [6.45, 7) is 6.59. The first-order valence-electron chi connectivity index (χ1n) is 10.7. The van der Waals surface area contributed by atoms with Gasteiger partial charge in [0.25, 0.3) is 0 Å². The molecule has 0 spiro atoms. The lowest BCUT2D eigenvalue weighted by Gasteiger charge is -2.18. The number of ether oxygens (including phenoxy) is 1. The Bertz CT molecular complexity index is 1090. The molecule has 0 saturated heterocycles. The third-order valence-electron chi connectivity index (χ3n) is 5.37. The van der Waals surface area contributed by atoms with E-state index in [1.165, 1.54) is 28.0 Å². The van der Waals surface area contributed by atoms with Gasteiger partial charge in [0.05, 0.1) is 30.2 Å². The molecule has 3 aromatic heterocycles. The minimum Gasteiger partial charge on any atom is -0.467 e. The van der Waals surface area contributed by atoms with Gasteiger partial charge < -0.3 is 19.0 Å². The highest BCUT2D eigenvalue weighted by molar-refractivity contribution is 8.00. The first-order valence-corrected chi connectivity index (χ1v) is 12.3. The Balaban J connectivity index is 1.49. The molecule has 32 heavy (non-hydrogen) atoms. The molecule has 10 heteroatoms. The van der Waals surface area contributed by atoms with Gasteiger partial charge in [-0.3, -0.25) is 4.79 Å². The number of thioether (sulfide) groups is 1. The minimum absolute atomic E-state index is 0.195. The zero-order chi connectivity index (χ0) is 22.7. The topological polar surface area (TPSA) is 99.2 Å². The van der Waals surface area contributed by atoms with Crippen LogP contribution in [0.15, 0.2) is 34.3 Å². The highest BCUT2D eigenvalue weighted by Gasteiger charge is 2.30. The summed E-state index contributed by atoms with van der Waals surface area (Å²) in [5, 5.41) is 11.8. The third kappa shape index (κ3) is 4.91. The second-order valence-corrected chi connectivity index (χ2v) is 10.3. The maximum absolute atomic E-state index is 13.0. The van der Waals surface area contributed by atoms with Gasteiger partial charge in [-0.1, -0.05) is 18.7 Å². The molecule has 1 N–H and O–H groups in total. The number of anilines is 1. The fraction of sp³-hybridized carbons (Fsp3) is 0.455. The van der Waals surface area contributed by atoms with Crippen molar-refractivity contribution >= 4 is 40.0 Å². The number of carbonyl (C=O) groups excluding carboxylic acids is 2. The number of hydrogen-bond acceptors (Lipinski definition) is 8. The van der Waals surface area contributed by atoms with Gasteiger partial charge in [0.15, 0.2) is 5.16 Å². The second kappa shape index (κ2) is 9.91. The third-order valence-corrected chi connectivity index (χ3v) is 7.63. The number of aromatic nitrogens is 3. The predicted octanol–water partition coefficient (Wildman–Crippen LogP) is 4.40. The molecule has 3 heterocycles. The Kier molecular flexibility index (Phi) is 7.00. The van der Waals surface area contributed by atoms with Crippen LogP contribution in [-0.2, 0) is 28.9 Å². The van der Waals surface area contributed by atoms with Crippen LogP contribution in [-0.4, -0.2) is 38.5 Å². The van der Waals surface area contributed by atoms with Gasteiger partial charge >= 0.3 is 5.97 Å². The molecule has 0 radical (unpaired) electrons. The zero-order valence-electron chi connectivity index (χ0n) is 18.3. The van der Waals surface area contributed by atoms with E-state index in [0.717, 1.165) is 30.6 Å². The molecule has 4 rings (SSSR count). The molecular formula is C22H26N4O4S2. The van der Waals surface area contributed by atoms with Crippen molar-refractivity contribution in [1.82, 2.24) is 14.8 Å². The van der Waals surface area contributed by atoms with E-state index >= 15 is 0 Å². The Hall–Kier alpha value is -2.59. The number of esters is 1. The molecule has 0 saturated carbocycles. The number of furan rings is 1. The Labute approximate surface area is 194 Å². The van der Waals surface area contributed by atoms with Gasteiger partial charge in [0.1, 0.15) is 17.1 Å². The van der Waals surface area contributed by atoms with Gasteiger partial charge in [-0.25, -0.2) is 4.79 Å². The number of fused-ring (bicyclic) bond motifs is 1. The maximum atomic E-state index is 13.0. The summed E-state index contributed by atoms with van der Waals surface area (Å²) < 4.78 is 12.5. The fourth-order valence-electron chi connectivity index (χ4n) is 3.70. The maximum Gasteiger partial charge on any atom is 0.341 e. The lowest BCUT2D eigenvalue weighted by Crippen LogP contribution is -2.24. The summed E-state index contributed by atoms with van der Waals surface area (Å²) in [7, 11) is 0. The molecule has 1 amide bonds. The molecule has 0 fully saturated rings. The van der Waals surface area contributed by atoms with Crippen molar-refractivity contribution in [2.24, 2.45) is 5.92 Å². The molecule has 0 unspecified atom stereocenters. The van der Waals surface area contributed by atoms with Crippen LogP contribution in [0.2, 0.25) is 0 Å². The van der Waals surface area contributed by atoms with Gasteiger partial charge in [0.2, 0.25) is 5.91 Å². The zero-order valence-corrected chi connectivity index (χ0v) is 19.9. The molecule has 1 aliphatic carbocycles. The number of amides is 1. The van der Waals surface area contributed by atoms with Crippen LogP contribution in [0.3, 0.4) is 0 Å². The van der Waals surface area contributed by atoms with Crippen molar-refractivity contribution in [1.29, 1.82) is 0 Å². The average Bonchev–Trinajstić information content (AvgIpc) is 3.49. The standard InChI is InChI=1S/C22H26N4O4S2/c1-4-29-21(28)18-16-8-7-13(2)10-17(16)32-20(18)24-19(27)14(3)31-22-25-23-12-26(22)11-15-6-5-9-30-15/h5-6,9,12-14H,4,7-8,10-11H2,1-3H3,(H,24,27)/t13-,14-/m1/s1. The summed E-state index contributed by atoms with van der Waals surface area (Å²) in [6, 6.07) is 3.70. The number of hydrogen-bond donors (Lipinski definition) is 1. The first kappa shape index (κ1) is 22.6. The Morgan fingerprint density at radius 1 is 1.47 bits per heavy atom. The van der Waals surface area contributed by atoms with Crippen molar-refractivity contribution in [2.45, 2.75) is 57.0 Å². The monoisotopic (exact) mass is 474 g/mol. The quantitative estimate of drug-likeness (QED) is 0.381. The molecular weight excluding hydrogens is 448 g/mol. The van der Waals surface area contributed by atoms with E-state index in [4.69, 9.17) is 9.15 Å². The highest BCUT2D eigenvalue weighted by atomic mass is 32.2. The van der Waals surface area contributed by atoms with E-state index in [0.29, 0.717) is 34.8 Å². The van der Waals surface area contributed by atoms with E-state index < -0.39 is 5.25 Å². The Morgan fingerprint density at radius 2 is 2.31 bits per heavy atom. The number of carbonyl (C=O) groups is 2. The minimum atomic E-state index is -0.442. The van der Waals surface area contributed by atoms with E-state index in [2.05, 4.69) is 22.4 Å². The number of rotatable bonds is 8. The molecule has 8 nitrogen and oxygen atoms in total. The van der Waals surface area contributed by atoms with E-state index in [-0.39, 0.29) is 11.9 Å². The summed E-state index contributed by atoms with van der Waals surface area (Å²) in [4.78, 5) is 26.9. The van der Waals surface area contributed by atoms with Crippen LogP contribution in [0, 0.1) is 5.92 Å². The van der Waals surface area contributed by atoms with Gasteiger partial charge in [-0.2, -0.15) is 0 Å². The van der Waals surface area contributed by atoms with Crippen molar-refractivity contribution < 1.29 is 18.7 Å². The first-order chi connectivity index (χ1) is 15.5. The smallest absolute Gasteiger partial charge is 0.341 e. The molecule has 170 valence electrons. The van der Waals surface area contributed by atoms with E-state index in [1.54, 1.807) is 19.5 Å². The molecule has 1 aliphatic rings. The fourth-order valence-corrected chi connectivity index (χ4v) is 5.92. The summed E-state index contributed by atoms with van der Waals surface area (Å²) in [6.07, 6.45) is 6.01. The lowest BCUT2D eigenvalue weighted by molar-refractivity contribution is -0.115. The van der Waals surface area contributed by atoms with Gasteiger partial charge in [0, 0.05) is 4.88 Å². The SMILES string of the molecule is CCOC(=O)c1c(NC(=O)[C@@H](C)Sc2nncn2Cc2ccco2)sc2c1CC[C@@H](C)C2. The molecule has 3 aromatic rings. The Morgan fingerprint density at radius 3 is 3.06 bits per heavy atom. The lowest BCUT2D eigenvalue weighted by atomic mass is 9.88. The number of nitrogens with one attached hydrogen (secondary N) is 1. The largest absolute Gasteiger partial charge is 0.467 e. The van der Waals surface area contributed by atoms with Crippen LogP contribution in [0.5, 0.6) is 0 Å². The molecule has 0 aromatic carbocycles. The van der Waals surface area contributed by atoms with Gasteiger partial charge in [-0.15, -0.1) is 21.5 Å². The van der Waals surface area contributed by atoms with Crippen molar-refractivity contribution in [3.8, 4) is 0 Å². The van der Waals surface area contributed by atoms with Crippen LogP contribution in [0.4, 0.5) is 5.00 Å². The molecule has 0 bridgehead atoms. The van der Waals surface area contributed by atoms with Crippen molar-refractivity contribution in [3.63, 3.8) is 0 Å². The van der Waals surface area contributed by atoms with Crippen molar-refractivity contribution in [3.05, 3.63) is 46.5 Å². The van der Waals surface area contributed by atoms with Crippen LogP contribution in [0.25, 0.3) is 0 Å². The van der Waals surface area contributed by atoms with Crippen molar-refractivity contribution in [2.75, 3.05) is 11.9 Å². The van der Waals surface area contributed by atoms with E-state index in [9.17, 15) is 9.59 Å². The average molecular weight is 475 g/mol. The van der Waals surface area contributed by atoms with Crippen LogP contribution in [0.1, 0.15) is 53.8 Å². The van der Waals surface area contributed by atoms with Gasteiger partial charge in [-0.05, 0) is 56.7 Å². The second-order valence-electron chi connectivity index (χ2n) is 7.85. The summed E-state index contributed by atoms with van der Waals surface area (Å²) in [5.74, 6) is 0.782. The normalized spacial score (nSPS) is 16.4. The summed E-state index contributed by atoms with van der Waals surface area (Å²) in [5.41, 5.74) is 1.55. The van der Waals surface area contributed by atoms with Crippen LogP contribution >= 0.6 is 23.1 Å². The number of thiophene rings is 1. The molecule has 2 atom stereocenters. The summed E-state index contributed by atoms with van der Waals surface area (Å²) >= 11 is 2.80. The van der Waals surface area contributed by atoms with Crippen LogP contribution < -0.4 is 5.32 Å². The number of nitrogens with zero attached hydrogens (tertiary/aromatic N) is 3. The van der Waals surface area contributed by atoms with E-state index in [1.807, 2.05) is 23.6 Å².